The van der Waals surface area contributed by atoms with E-state index in [1.54, 1.807) is 0 Å². The van der Waals surface area contributed by atoms with E-state index in [9.17, 15) is 0 Å². The first-order valence-corrected chi connectivity index (χ1v) is 7.22. The zero-order chi connectivity index (χ0) is 13.5. The van der Waals surface area contributed by atoms with Crippen LogP contribution in [0.5, 0.6) is 0 Å². The Morgan fingerprint density at radius 3 is 2.61 bits per heavy atom. The average molecular weight is 315 g/mol. The lowest BCUT2D eigenvalue weighted by atomic mass is 10.1. The van der Waals surface area contributed by atoms with Gasteiger partial charge in [-0.1, -0.05) is 6.07 Å². The number of rotatable bonds is 7. The summed E-state index contributed by atoms with van der Waals surface area (Å²) in [7, 11) is 2.09. The average Bonchev–Trinajstić information content (AvgIpc) is 2.34. The third kappa shape index (κ3) is 4.59. The largest absolute Gasteiger partial charge is 0.396 e. The van der Waals surface area contributed by atoms with Crippen LogP contribution in [-0.2, 0) is 0 Å². The molecule has 0 radical (unpaired) electrons. The van der Waals surface area contributed by atoms with Crippen molar-refractivity contribution in [3.63, 3.8) is 0 Å². The van der Waals surface area contributed by atoms with Crippen LogP contribution in [0.4, 0.5) is 5.69 Å². The monoisotopic (exact) mass is 314 g/mol. The predicted octanol–water partition coefficient (Wildman–Crippen LogP) is 3.07. The van der Waals surface area contributed by atoms with E-state index in [1.165, 1.54) is 5.69 Å². The highest BCUT2D eigenvalue weighted by Gasteiger charge is 2.08. The van der Waals surface area contributed by atoms with Crippen LogP contribution in [0.25, 0.3) is 0 Å². The molecule has 0 bridgehead atoms. The molecule has 0 aliphatic rings. The number of aliphatic hydroxyl groups is 1. The van der Waals surface area contributed by atoms with E-state index in [2.05, 4.69) is 46.1 Å². The molecule has 0 saturated heterocycles. The summed E-state index contributed by atoms with van der Waals surface area (Å²) in [6.07, 6.45) is 3.05. The van der Waals surface area contributed by atoms with Crippen LogP contribution < -0.4 is 10.6 Å². The number of unbranched alkanes of at least 4 members (excludes halogenated alkanes) is 2. The van der Waals surface area contributed by atoms with E-state index < -0.39 is 0 Å². The first kappa shape index (κ1) is 15.5. The molecule has 1 aromatic rings. The van der Waals surface area contributed by atoms with Gasteiger partial charge in [-0.05, 0) is 59.8 Å². The molecular formula is C14H23BrN2O. The molecule has 3 N–H and O–H groups in total. The lowest BCUT2D eigenvalue weighted by molar-refractivity contribution is 0.283. The molecule has 0 amide bonds. The molecule has 1 rings (SSSR count). The van der Waals surface area contributed by atoms with E-state index in [-0.39, 0.29) is 12.6 Å². The van der Waals surface area contributed by atoms with E-state index >= 15 is 0 Å². The van der Waals surface area contributed by atoms with Gasteiger partial charge in [-0.2, -0.15) is 0 Å². The maximum Gasteiger partial charge on any atom is 0.0508 e. The Balaban J connectivity index is 2.60. The molecule has 3 nitrogen and oxygen atoms in total. The van der Waals surface area contributed by atoms with Crippen molar-refractivity contribution in [1.82, 2.24) is 0 Å². The lowest BCUT2D eigenvalue weighted by Crippen LogP contribution is -2.19. The second-order valence-electron chi connectivity index (χ2n) is 4.71. The fourth-order valence-corrected chi connectivity index (χ4v) is 2.57. The van der Waals surface area contributed by atoms with Gasteiger partial charge in [0.15, 0.2) is 0 Å². The molecule has 0 aromatic heterocycles. The van der Waals surface area contributed by atoms with Gasteiger partial charge in [0.1, 0.15) is 0 Å². The zero-order valence-corrected chi connectivity index (χ0v) is 12.8. The molecule has 102 valence electrons. The van der Waals surface area contributed by atoms with Crippen LogP contribution in [0.15, 0.2) is 22.7 Å². The van der Waals surface area contributed by atoms with Crippen molar-refractivity contribution in [2.45, 2.75) is 32.2 Å². The van der Waals surface area contributed by atoms with Crippen LogP contribution >= 0.6 is 15.9 Å². The number of hydrogen-bond donors (Lipinski definition) is 2. The molecule has 1 aromatic carbocycles. The molecule has 0 saturated carbocycles. The molecule has 0 heterocycles. The van der Waals surface area contributed by atoms with Crippen molar-refractivity contribution in [1.29, 1.82) is 0 Å². The Hall–Kier alpha value is -0.580. The normalized spacial score (nSPS) is 12.5. The number of nitrogens with two attached hydrogens (primary N) is 1. The highest BCUT2D eigenvalue weighted by molar-refractivity contribution is 9.10. The van der Waals surface area contributed by atoms with Crippen molar-refractivity contribution < 1.29 is 5.11 Å². The minimum absolute atomic E-state index is 0.0604. The number of benzene rings is 1. The fraction of sp³-hybridized carbons (Fsp3) is 0.571. The van der Waals surface area contributed by atoms with Gasteiger partial charge in [0.2, 0.25) is 0 Å². The molecule has 0 aliphatic carbocycles. The van der Waals surface area contributed by atoms with E-state index in [4.69, 9.17) is 10.8 Å². The summed E-state index contributed by atoms with van der Waals surface area (Å²) in [5.41, 5.74) is 8.19. The summed E-state index contributed by atoms with van der Waals surface area (Å²) in [6, 6.07) is 6.33. The zero-order valence-electron chi connectivity index (χ0n) is 11.2. The van der Waals surface area contributed by atoms with Crippen LogP contribution in [0.3, 0.4) is 0 Å². The van der Waals surface area contributed by atoms with Crippen molar-refractivity contribution in [2.75, 3.05) is 25.1 Å². The van der Waals surface area contributed by atoms with E-state index in [0.29, 0.717) is 0 Å². The van der Waals surface area contributed by atoms with Gasteiger partial charge in [0.05, 0.1) is 5.69 Å². The van der Waals surface area contributed by atoms with Crippen molar-refractivity contribution in [3.8, 4) is 0 Å². The molecule has 1 atom stereocenters. The molecule has 0 aliphatic heterocycles. The standard InChI is InChI=1S/C14H23BrN2O/c1-11(16)12-6-7-14(13(15)10-12)17(2)8-4-3-5-9-18/h6-7,10-11,18H,3-5,8-9,16H2,1-2H3. The molecular weight excluding hydrogens is 292 g/mol. The van der Waals surface area contributed by atoms with E-state index in [1.807, 2.05) is 6.92 Å². The quantitative estimate of drug-likeness (QED) is 0.760. The Morgan fingerprint density at radius 1 is 1.33 bits per heavy atom. The third-order valence-corrected chi connectivity index (χ3v) is 3.70. The predicted molar refractivity (Wildman–Crippen MR) is 81.0 cm³/mol. The molecule has 18 heavy (non-hydrogen) atoms. The van der Waals surface area contributed by atoms with Gasteiger partial charge < -0.3 is 15.7 Å². The number of nitrogens with zero attached hydrogens (tertiary/aromatic N) is 1. The summed E-state index contributed by atoms with van der Waals surface area (Å²) < 4.78 is 1.09. The Morgan fingerprint density at radius 2 is 2.06 bits per heavy atom. The van der Waals surface area contributed by atoms with E-state index in [0.717, 1.165) is 35.8 Å². The van der Waals surface area contributed by atoms with Crippen molar-refractivity contribution >= 4 is 21.6 Å². The van der Waals surface area contributed by atoms with Gasteiger partial charge in [-0.3, -0.25) is 0 Å². The summed E-state index contributed by atoms with van der Waals surface area (Å²) in [5, 5.41) is 8.74. The first-order valence-electron chi connectivity index (χ1n) is 6.43. The summed E-state index contributed by atoms with van der Waals surface area (Å²) in [5.74, 6) is 0. The number of halogens is 1. The smallest absolute Gasteiger partial charge is 0.0508 e. The maximum absolute atomic E-state index is 8.74. The summed E-state index contributed by atoms with van der Waals surface area (Å²) >= 11 is 3.60. The van der Waals surface area contributed by atoms with Crippen molar-refractivity contribution in [2.24, 2.45) is 5.73 Å². The third-order valence-electron chi connectivity index (χ3n) is 3.06. The number of anilines is 1. The highest BCUT2D eigenvalue weighted by Crippen LogP contribution is 2.28. The number of aliphatic hydroxyl groups excluding tert-OH is 1. The second kappa shape index (κ2) is 7.77. The molecule has 4 heteroatoms. The molecule has 0 fully saturated rings. The Kier molecular flexibility index (Phi) is 6.68. The minimum Gasteiger partial charge on any atom is -0.396 e. The van der Waals surface area contributed by atoms with Crippen LogP contribution in [-0.4, -0.2) is 25.3 Å². The Bertz CT molecular complexity index is 369. The van der Waals surface area contributed by atoms with Crippen LogP contribution in [0, 0.1) is 0 Å². The molecule has 0 spiro atoms. The SMILES string of the molecule is CC(N)c1ccc(N(C)CCCCCO)c(Br)c1. The minimum atomic E-state index is 0.0604. The lowest BCUT2D eigenvalue weighted by Gasteiger charge is -2.21. The fourth-order valence-electron chi connectivity index (χ4n) is 1.87. The van der Waals surface area contributed by atoms with Crippen LogP contribution in [0.1, 0.15) is 37.8 Å². The van der Waals surface area contributed by atoms with Crippen LogP contribution in [0.2, 0.25) is 0 Å². The first-order chi connectivity index (χ1) is 8.56. The summed E-state index contributed by atoms with van der Waals surface area (Å²) in [4.78, 5) is 2.23. The van der Waals surface area contributed by atoms with Gasteiger partial charge in [-0.25, -0.2) is 0 Å². The number of hydrogen-bond acceptors (Lipinski definition) is 3. The van der Waals surface area contributed by atoms with Crippen molar-refractivity contribution in [3.05, 3.63) is 28.2 Å². The highest BCUT2D eigenvalue weighted by atomic mass is 79.9. The second-order valence-corrected chi connectivity index (χ2v) is 5.56. The molecule has 1 unspecified atom stereocenters. The van der Waals surface area contributed by atoms with Gasteiger partial charge in [0, 0.05) is 30.7 Å². The van der Waals surface area contributed by atoms with Gasteiger partial charge in [-0.15, -0.1) is 0 Å². The summed E-state index contributed by atoms with van der Waals surface area (Å²) in [6.45, 7) is 3.27. The topological polar surface area (TPSA) is 49.5 Å². The van der Waals surface area contributed by atoms with Gasteiger partial charge >= 0.3 is 0 Å². The maximum atomic E-state index is 8.74. The Labute approximate surface area is 118 Å². The van der Waals surface area contributed by atoms with Gasteiger partial charge in [0.25, 0.3) is 0 Å².